The molecule has 2 aromatic carbocycles. The van der Waals surface area contributed by atoms with Gasteiger partial charge in [0.15, 0.2) is 0 Å². The largest absolute Gasteiger partial charge is 0.478 e. The minimum absolute atomic E-state index is 0.197. The number of nitrogens with zero attached hydrogens (tertiary/aromatic N) is 3. The number of hydrogen-bond acceptors (Lipinski definition) is 3. The highest BCUT2D eigenvalue weighted by Crippen LogP contribution is 2.17. The molecule has 0 atom stereocenters. The second kappa shape index (κ2) is 4.94. The first kappa shape index (κ1) is 12.6. The van der Waals surface area contributed by atoms with Crippen LogP contribution < -0.4 is 0 Å². The van der Waals surface area contributed by atoms with Crippen molar-refractivity contribution in [3.05, 3.63) is 58.6 Å². The standard InChI is InChI=1S/C14H10ClN3O2/c15-11-4-2-1-3-10(11)8-18-16-12-6-5-9(14(19)20)7-13(12)17-18/h1-7H,8H2,(H,19,20). The summed E-state index contributed by atoms with van der Waals surface area (Å²) in [5.41, 5.74) is 2.31. The summed E-state index contributed by atoms with van der Waals surface area (Å²) >= 11 is 6.09. The van der Waals surface area contributed by atoms with Crippen LogP contribution in [0.2, 0.25) is 5.02 Å². The third-order valence-electron chi connectivity index (χ3n) is 2.94. The Morgan fingerprint density at radius 1 is 1.15 bits per heavy atom. The summed E-state index contributed by atoms with van der Waals surface area (Å²) < 4.78 is 0. The Morgan fingerprint density at radius 2 is 1.90 bits per heavy atom. The molecule has 100 valence electrons. The summed E-state index contributed by atoms with van der Waals surface area (Å²) in [4.78, 5) is 12.4. The van der Waals surface area contributed by atoms with E-state index >= 15 is 0 Å². The number of rotatable bonds is 3. The minimum atomic E-state index is -0.979. The predicted molar refractivity (Wildman–Crippen MR) is 75.0 cm³/mol. The van der Waals surface area contributed by atoms with Gasteiger partial charge in [-0.3, -0.25) is 0 Å². The fourth-order valence-corrected chi connectivity index (χ4v) is 2.14. The maximum atomic E-state index is 10.9. The van der Waals surface area contributed by atoms with Gasteiger partial charge in [-0.25, -0.2) is 4.79 Å². The molecular formula is C14H10ClN3O2. The summed E-state index contributed by atoms with van der Waals surface area (Å²) in [7, 11) is 0. The van der Waals surface area contributed by atoms with Crippen molar-refractivity contribution in [1.82, 2.24) is 15.0 Å². The van der Waals surface area contributed by atoms with E-state index in [1.54, 1.807) is 6.07 Å². The van der Waals surface area contributed by atoms with Gasteiger partial charge in [-0.2, -0.15) is 15.0 Å². The first-order valence-corrected chi connectivity index (χ1v) is 6.33. The van der Waals surface area contributed by atoms with Gasteiger partial charge in [0.05, 0.1) is 12.1 Å². The molecule has 1 aromatic heterocycles. The summed E-state index contributed by atoms with van der Waals surface area (Å²) in [5.74, 6) is -0.979. The number of carboxylic acids is 1. The van der Waals surface area contributed by atoms with Crippen LogP contribution in [0.1, 0.15) is 15.9 Å². The van der Waals surface area contributed by atoms with Gasteiger partial charge >= 0.3 is 5.97 Å². The van der Waals surface area contributed by atoms with Crippen LogP contribution >= 0.6 is 11.6 Å². The number of halogens is 1. The second-order valence-electron chi connectivity index (χ2n) is 4.33. The van der Waals surface area contributed by atoms with Crippen LogP contribution in [-0.4, -0.2) is 26.1 Å². The van der Waals surface area contributed by atoms with Crippen LogP contribution in [0.15, 0.2) is 42.5 Å². The molecular weight excluding hydrogens is 278 g/mol. The summed E-state index contributed by atoms with van der Waals surface area (Å²) in [5, 5.41) is 18.2. The zero-order valence-electron chi connectivity index (χ0n) is 10.3. The number of hydrogen-bond donors (Lipinski definition) is 1. The molecule has 0 fully saturated rings. The van der Waals surface area contributed by atoms with Gasteiger partial charge in [-0.1, -0.05) is 29.8 Å². The lowest BCUT2D eigenvalue weighted by atomic mass is 10.2. The van der Waals surface area contributed by atoms with Crippen molar-refractivity contribution in [2.24, 2.45) is 0 Å². The van der Waals surface area contributed by atoms with E-state index in [-0.39, 0.29) is 5.56 Å². The first-order chi connectivity index (χ1) is 9.63. The van der Waals surface area contributed by atoms with E-state index in [9.17, 15) is 4.79 Å². The molecule has 1 N–H and O–H groups in total. The van der Waals surface area contributed by atoms with E-state index in [0.29, 0.717) is 22.6 Å². The molecule has 0 aliphatic rings. The Balaban J connectivity index is 1.97. The van der Waals surface area contributed by atoms with Crippen molar-refractivity contribution in [2.75, 3.05) is 0 Å². The van der Waals surface area contributed by atoms with E-state index in [4.69, 9.17) is 16.7 Å². The molecule has 1 heterocycles. The smallest absolute Gasteiger partial charge is 0.335 e. The number of carbonyl (C=O) groups is 1. The summed E-state index contributed by atoms with van der Waals surface area (Å²) in [6, 6.07) is 12.1. The van der Waals surface area contributed by atoms with Gasteiger partial charge in [-0.15, -0.1) is 0 Å². The Bertz CT molecular complexity index is 798. The van der Waals surface area contributed by atoms with Gasteiger partial charge in [-0.05, 0) is 29.8 Å². The summed E-state index contributed by atoms with van der Waals surface area (Å²) in [6.07, 6.45) is 0. The Morgan fingerprint density at radius 3 is 2.65 bits per heavy atom. The molecule has 5 nitrogen and oxygen atoms in total. The molecule has 0 amide bonds. The van der Waals surface area contributed by atoms with E-state index < -0.39 is 5.97 Å². The Kier molecular flexibility index (Phi) is 3.12. The Hall–Kier alpha value is -2.40. The fourth-order valence-electron chi connectivity index (χ4n) is 1.94. The number of carboxylic acid groups (broad SMARTS) is 1. The van der Waals surface area contributed by atoms with E-state index in [1.807, 2.05) is 24.3 Å². The lowest BCUT2D eigenvalue weighted by Gasteiger charge is -2.02. The zero-order chi connectivity index (χ0) is 14.1. The quantitative estimate of drug-likeness (QED) is 0.804. The molecule has 0 spiro atoms. The van der Waals surface area contributed by atoms with Crippen molar-refractivity contribution < 1.29 is 9.90 Å². The van der Waals surface area contributed by atoms with E-state index in [1.165, 1.54) is 16.9 Å². The summed E-state index contributed by atoms with van der Waals surface area (Å²) in [6.45, 7) is 0.441. The van der Waals surface area contributed by atoms with Crippen LogP contribution in [-0.2, 0) is 6.54 Å². The number of benzene rings is 2. The number of aromatic nitrogens is 3. The molecule has 3 aromatic rings. The Labute approximate surface area is 119 Å². The highest BCUT2D eigenvalue weighted by Gasteiger charge is 2.09. The normalized spacial score (nSPS) is 10.8. The van der Waals surface area contributed by atoms with Gasteiger partial charge in [0, 0.05) is 5.02 Å². The van der Waals surface area contributed by atoms with Crippen LogP contribution in [0.3, 0.4) is 0 Å². The number of fused-ring (bicyclic) bond motifs is 1. The molecule has 3 rings (SSSR count). The molecule has 0 aliphatic carbocycles. The van der Waals surface area contributed by atoms with Gasteiger partial charge < -0.3 is 5.11 Å². The predicted octanol–water partition coefficient (Wildman–Crippen LogP) is 2.83. The highest BCUT2D eigenvalue weighted by molar-refractivity contribution is 6.31. The van der Waals surface area contributed by atoms with Crippen LogP contribution in [0, 0.1) is 0 Å². The fraction of sp³-hybridized carbons (Fsp3) is 0.0714. The molecule has 0 saturated carbocycles. The molecule has 0 unspecified atom stereocenters. The minimum Gasteiger partial charge on any atom is -0.478 e. The van der Waals surface area contributed by atoms with E-state index in [2.05, 4.69) is 10.2 Å². The van der Waals surface area contributed by atoms with Crippen molar-refractivity contribution in [3.63, 3.8) is 0 Å². The van der Waals surface area contributed by atoms with Crippen molar-refractivity contribution in [1.29, 1.82) is 0 Å². The number of aromatic carboxylic acids is 1. The molecule has 0 bridgehead atoms. The zero-order valence-corrected chi connectivity index (χ0v) is 11.1. The average Bonchev–Trinajstić information content (AvgIpc) is 2.82. The monoisotopic (exact) mass is 287 g/mol. The van der Waals surface area contributed by atoms with Gasteiger partial charge in [0.1, 0.15) is 11.0 Å². The SMILES string of the molecule is O=C(O)c1ccc2nn(Cc3ccccc3Cl)nc2c1. The second-order valence-corrected chi connectivity index (χ2v) is 4.74. The lowest BCUT2D eigenvalue weighted by Crippen LogP contribution is -2.03. The van der Waals surface area contributed by atoms with Gasteiger partial charge in [0.25, 0.3) is 0 Å². The molecule has 0 radical (unpaired) electrons. The molecule has 0 saturated heterocycles. The topological polar surface area (TPSA) is 68.0 Å². The molecule has 0 aliphatic heterocycles. The van der Waals surface area contributed by atoms with Gasteiger partial charge in [0.2, 0.25) is 0 Å². The first-order valence-electron chi connectivity index (χ1n) is 5.95. The van der Waals surface area contributed by atoms with Crippen molar-refractivity contribution in [2.45, 2.75) is 6.54 Å². The van der Waals surface area contributed by atoms with Crippen LogP contribution in [0.25, 0.3) is 11.0 Å². The highest BCUT2D eigenvalue weighted by atomic mass is 35.5. The molecule has 20 heavy (non-hydrogen) atoms. The van der Waals surface area contributed by atoms with Crippen LogP contribution in [0.4, 0.5) is 0 Å². The average molecular weight is 288 g/mol. The maximum Gasteiger partial charge on any atom is 0.335 e. The lowest BCUT2D eigenvalue weighted by molar-refractivity contribution is 0.0697. The van der Waals surface area contributed by atoms with Crippen molar-refractivity contribution in [3.8, 4) is 0 Å². The third kappa shape index (κ3) is 2.35. The molecule has 6 heteroatoms. The van der Waals surface area contributed by atoms with Crippen molar-refractivity contribution >= 4 is 28.6 Å². The maximum absolute atomic E-state index is 10.9. The van der Waals surface area contributed by atoms with E-state index in [0.717, 1.165) is 5.56 Å². The van der Waals surface area contributed by atoms with Crippen LogP contribution in [0.5, 0.6) is 0 Å². The third-order valence-corrected chi connectivity index (χ3v) is 3.31.